The van der Waals surface area contributed by atoms with Gasteiger partial charge in [0, 0.05) is 0 Å². The van der Waals surface area contributed by atoms with E-state index < -0.39 is 4.92 Å². The van der Waals surface area contributed by atoms with Crippen LogP contribution in [0.4, 0.5) is 5.69 Å². The Morgan fingerprint density at radius 1 is 1.42 bits per heavy atom. The van der Waals surface area contributed by atoms with Crippen molar-refractivity contribution in [1.29, 1.82) is 5.41 Å². The van der Waals surface area contributed by atoms with Crippen LogP contribution in [-0.4, -0.2) is 28.3 Å². The number of nitrogens with zero attached hydrogens (tertiary/aromatic N) is 2. The van der Waals surface area contributed by atoms with E-state index in [0.717, 1.165) is 0 Å². The number of fused-ring (bicyclic) bond motifs is 1. The van der Waals surface area contributed by atoms with Gasteiger partial charge in [-0.25, -0.2) is 4.98 Å². The van der Waals surface area contributed by atoms with E-state index in [1.807, 2.05) is 0 Å². The molecule has 1 aromatic heterocycles. The first-order valence-corrected chi connectivity index (χ1v) is 6.56. The maximum atomic E-state index is 11.1. The minimum absolute atomic E-state index is 0.102. The highest BCUT2D eigenvalue weighted by molar-refractivity contribution is 8.13. The Kier molecular flexibility index (Phi) is 3.66. The minimum Gasteiger partial charge on any atom is -0.490 e. The Labute approximate surface area is 113 Å². The number of nitrogens with one attached hydrogen (secondary N) is 1. The smallest absolute Gasteiger partial charge is 0.320 e. The van der Waals surface area contributed by atoms with E-state index in [1.165, 1.54) is 24.9 Å². The van der Waals surface area contributed by atoms with Crippen molar-refractivity contribution in [3.63, 3.8) is 0 Å². The van der Waals surface area contributed by atoms with E-state index >= 15 is 0 Å². The molecule has 0 aliphatic rings. The Hall–Kier alpha value is -2.15. The standard InChI is InChI=1S/C12H11N3O3S/c1-18-10-6-5-8-7(11(10)15(16)17)3-4-9(14-8)12(13)19-2/h3-6,13H,1-2H3. The third-order valence-corrected chi connectivity index (χ3v) is 3.26. The van der Waals surface area contributed by atoms with Gasteiger partial charge in [0.05, 0.1) is 28.6 Å². The molecule has 0 spiro atoms. The number of pyridine rings is 1. The number of hydrogen-bond acceptors (Lipinski definition) is 6. The number of hydrogen-bond donors (Lipinski definition) is 1. The molecule has 0 aliphatic carbocycles. The van der Waals surface area contributed by atoms with Gasteiger partial charge in [-0.1, -0.05) is 0 Å². The molecule has 2 aromatic rings. The monoisotopic (exact) mass is 277 g/mol. The lowest BCUT2D eigenvalue weighted by Gasteiger charge is -2.06. The first kappa shape index (κ1) is 13.3. The average Bonchev–Trinajstić information content (AvgIpc) is 2.44. The average molecular weight is 277 g/mol. The maximum absolute atomic E-state index is 11.1. The van der Waals surface area contributed by atoms with Crippen molar-refractivity contribution in [2.45, 2.75) is 0 Å². The normalized spacial score (nSPS) is 10.4. The third kappa shape index (κ3) is 2.37. The molecule has 19 heavy (non-hydrogen) atoms. The fourth-order valence-corrected chi connectivity index (χ4v) is 2.08. The van der Waals surface area contributed by atoms with E-state index in [1.54, 1.807) is 24.5 Å². The van der Waals surface area contributed by atoms with Crippen molar-refractivity contribution in [2.24, 2.45) is 0 Å². The van der Waals surface area contributed by atoms with Crippen LogP contribution >= 0.6 is 11.8 Å². The van der Waals surface area contributed by atoms with Crippen molar-refractivity contribution in [3.05, 3.63) is 40.1 Å². The number of ether oxygens (including phenoxy) is 1. The molecule has 7 heteroatoms. The highest BCUT2D eigenvalue weighted by atomic mass is 32.2. The molecule has 98 valence electrons. The van der Waals surface area contributed by atoms with Crippen molar-refractivity contribution in [1.82, 2.24) is 4.98 Å². The van der Waals surface area contributed by atoms with Crippen LogP contribution in [0.25, 0.3) is 10.9 Å². The van der Waals surface area contributed by atoms with Gasteiger partial charge in [-0.2, -0.15) is 0 Å². The summed E-state index contributed by atoms with van der Waals surface area (Å²) in [4.78, 5) is 14.9. The van der Waals surface area contributed by atoms with Gasteiger partial charge in [0.1, 0.15) is 5.04 Å². The Bertz CT molecular complexity index is 673. The first-order chi connectivity index (χ1) is 9.08. The fraction of sp³-hybridized carbons (Fsp3) is 0.167. The van der Waals surface area contributed by atoms with E-state index in [-0.39, 0.29) is 11.4 Å². The molecule has 0 radical (unpaired) electrons. The van der Waals surface area contributed by atoms with Crippen LogP contribution in [0.2, 0.25) is 0 Å². The van der Waals surface area contributed by atoms with Gasteiger partial charge < -0.3 is 4.74 Å². The number of nitro benzene ring substituents is 1. The number of thioether (sulfide) groups is 1. The van der Waals surface area contributed by atoms with Gasteiger partial charge in [-0.15, -0.1) is 11.8 Å². The van der Waals surface area contributed by atoms with Crippen LogP contribution in [0.15, 0.2) is 24.3 Å². The van der Waals surface area contributed by atoms with Gasteiger partial charge in [-0.05, 0) is 30.5 Å². The number of nitro groups is 1. The van der Waals surface area contributed by atoms with Crippen molar-refractivity contribution < 1.29 is 9.66 Å². The lowest BCUT2D eigenvalue weighted by atomic mass is 10.1. The molecule has 2 rings (SSSR count). The molecule has 1 N–H and O–H groups in total. The van der Waals surface area contributed by atoms with E-state index in [4.69, 9.17) is 10.1 Å². The zero-order valence-electron chi connectivity index (χ0n) is 10.3. The predicted octanol–water partition coefficient (Wildman–Crippen LogP) is 2.84. The maximum Gasteiger partial charge on any atom is 0.320 e. The van der Waals surface area contributed by atoms with Crippen molar-refractivity contribution in [2.75, 3.05) is 13.4 Å². The summed E-state index contributed by atoms with van der Waals surface area (Å²) in [5.74, 6) is 0.201. The van der Waals surface area contributed by atoms with E-state index in [0.29, 0.717) is 21.6 Å². The van der Waals surface area contributed by atoms with E-state index in [9.17, 15) is 10.1 Å². The number of rotatable bonds is 3. The second-order valence-electron chi connectivity index (χ2n) is 3.67. The summed E-state index contributed by atoms with van der Waals surface area (Å²) >= 11 is 1.27. The first-order valence-electron chi connectivity index (χ1n) is 5.33. The van der Waals surface area contributed by atoms with Crippen LogP contribution < -0.4 is 4.74 Å². The molecule has 0 amide bonds. The van der Waals surface area contributed by atoms with Crippen LogP contribution in [0.1, 0.15) is 5.69 Å². The number of methoxy groups -OCH3 is 1. The molecular weight excluding hydrogens is 266 g/mol. The lowest BCUT2D eigenvalue weighted by molar-refractivity contribution is -0.383. The van der Waals surface area contributed by atoms with Gasteiger partial charge in [-0.3, -0.25) is 15.5 Å². The van der Waals surface area contributed by atoms with Gasteiger partial charge in [0.25, 0.3) is 0 Å². The Balaban J connectivity index is 2.71. The molecule has 6 nitrogen and oxygen atoms in total. The largest absolute Gasteiger partial charge is 0.490 e. The summed E-state index contributed by atoms with van der Waals surface area (Å²) in [6.45, 7) is 0. The van der Waals surface area contributed by atoms with Crippen LogP contribution in [-0.2, 0) is 0 Å². The Morgan fingerprint density at radius 3 is 2.74 bits per heavy atom. The molecular formula is C12H11N3O3S. The summed E-state index contributed by atoms with van der Waals surface area (Å²) in [6.07, 6.45) is 1.78. The van der Waals surface area contributed by atoms with Crippen LogP contribution in [0.3, 0.4) is 0 Å². The molecule has 0 saturated carbocycles. The quantitative estimate of drug-likeness (QED) is 0.403. The summed E-state index contributed by atoms with van der Waals surface area (Å²) in [5.41, 5.74) is 0.873. The van der Waals surface area contributed by atoms with Crippen LogP contribution in [0.5, 0.6) is 5.75 Å². The third-order valence-electron chi connectivity index (χ3n) is 2.65. The highest BCUT2D eigenvalue weighted by Crippen LogP contribution is 2.34. The summed E-state index contributed by atoms with van der Waals surface area (Å²) in [5, 5.41) is 19.6. The molecule has 0 saturated heterocycles. The number of benzene rings is 1. The molecule has 0 aliphatic heterocycles. The molecule has 0 bridgehead atoms. The number of aromatic nitrogens is 1. The molecule has 1 aromatic carbocycles. The fourth-order valence-electron chi connectivity index (χ4n) is 1.75. The predicted molar refractivity (Wildman–Crippen MR) is 75.3 cm³/mol. The second-order valence-corrected chi connectivity index (χ2v) is 4.49. The summed E-state index contributed by atoms with van der Waals surface area (Å²) in [6, 6.07) is 6.37. The van der Waals surface area contributed by atoms with Gasteiger partial charge in [0.2, 0.25) is 0 Å². The van der Waals surface area contributed by atoms with Crippen molar-refractivity contribution >= 4 is 33.4 Å². The minimum atomic E-state index is -0.484. The summed E-state index contributed by atoms with van der Waals surface area (Å²) < 4.78 is 5.00. The Morgan fingerprint density at radius 2 is 2.16 bits per heavy atom. The zero-order chi connectivity index (χ0) is 14.0. The molecule has 0 fully saturated rings. The molecule has 0 atom stereocenters. The van der Waals surface area contributed by atoms with Crippen LogP contribution in [0, 0.1) is 15.5 Å². The molecule has 0 unspecified atom stereocenters. The SMILES string of the molecule is COc1ccc2nc(C(=N)SC)ccc2c1[N+](=O)[O-]. The zero-order valence-corrected chi connectivity index (χ0v) is 11.2. The van der Waals surface area contributed by atoms with Gasteiger partial charge in [0.15, 0.2) is 5.75 Å². The summed E-state index contributed by atoms with van der Waals surface area (Å²) in [7, 11) is 1.39. The second kappa shape index (κ2) is 5.23. The highest BCUT2D eigenvalue weighted by Gasteiger charge is 2.20. The van der Waals surface area contributed by atoms with E-state index in [2.05, 4.69) is 4.98 Å². The molecule has 1 heterocycles. The topological polar surface area (TPSA) is 89.1 Å². The van der Waals surface area contributed by atoms with Crippen molar-refractivity contribution in [3.8, 4) is 5.75 Å². The lowest BCUT2D eigenvalue weighted by Crippen LogP contribution is -1.99. The van der Waals surface area contributed by atoms with Gasteiger partial charge >= 0.3 is 5.69 Å².